The maximum absolute atomic E-state index is 14.6. The second-order valence-electron chi connectivity index (χ2n) is 6.49. The third kappa shape index (κ3) is 1.78. The normalized spacial score (nSPS) is 43.7. The Balaban J connectivity index is 3.37. The van der Waals surface area contributed by atoms with Crippen molar-refractivity contribution in [2.75, 3.05) is 0 Å². The highest BCUT2D eigenvalue weighted by atomic mass is 19.4. The van der Waals surface area contributed by atoms with E-state index >= 15 is 0 Å². The van der Waals surface area contributed by atoms with Gasteiger partial charge in [-0.05, 0) is 0 Å². The maximum Gasteiger partial charge on any atom is 0.432 e. The van der Waals surface area contributed by atoms with E-state index in [-0.39, 0.29) is 0 Å². The van der Waals surface area contributed by atoms with Crippen molar-refractivity contribution < 1.29 is 87.8 Å². The average molecular weight is 512 g/mol. The van der Waals surface area contributed by atoms with Gasteiger partial charge in [0.25, 0.3) is 11.3 Å². The van der Waals surface area contributed by atoms with Crippen LogP contribution in [0.2, 0.25) is 0 Å². The molecule has 0 aromatic carbocycles. The largest absolute Gasteiger partial charge is 0.432 e. The smallest absolute Gasteiger partial charge is 0.228 e. The topological polar surface area (TPSA) is 0 Å². The van der Waals surface area contributed by atoms with E-state index < -0.39 is 64.6 Å². The molecule has 31 heavy (non-hydrogen) atoms. The molecule has 2 rings (SSSR count). The monoisotopic (exact) mass is 512 g/mol. The highest BCUT2D eigenvalue weighted by molar-refractivity contribution is 5.45. The van der Waals surface area contributed by atoms with Crippen LogP contribution in [0, 0.1) is 0 Å². The van der Waals surface area contributed by atoms with Gasteiger partial charge in [0, 0.05) is 0 Å². The van der Waals surface area contributed by atoms with Crippen LogP contribution in [0.25, 0.3) is 0 Å². The molecule has 2 saturated carbocycles. The third-order valence-corrected chi connectivity index (χ3v) is 5.04. The molecule has 0 bridgehead atoms. The first-order valence-corrected chi connectivity index (χ1v) is 6.78. The molecule has 0 unspecified atom stereocenters. The van der Waals surface area contributed by atoms with Crippen LogP contribution < -0.4 is 0 Å². The Morgan fingerprint density at radius 3 is 0.774 bits per heavy atom. The number of alkyl halides is 20. The fourth-order valence-electron chi connectivity index (χ4n) is 3.35. The Labute approximate surface area is 154 Å². The van der Waals surface area contributed by atoms with Crippen molar-refractivity contribution in [2.24, 2.45) is 0 Å². The lowest BCUT2D eigenvalue weighted by molar-refractivity contribution is -0.564. The summed E-state index contributed by atoms with van der Waals surface area (Å²) in [5, 5.41) is 0. The fraction of sp³-hybridized carbons (Fsp3) is 1.00. The summed E-state index contributed by atoms with van der Waals surface area (Å²) in [7, 11) is 0. The highest BCUT2D eigenvalue weighted by Crippen LogP contribution is 2.82. The van der Waals surface area contributed by atoms with Crippen LogP contribution >= 0.6 is 0 Å². The molecule has 2 aliphatic carbocycles. The Hall–Kier alpha value is -1.40. The fourth-order valence-corrected chi connectivity index (χ4v) is 3.35. The van der Waals surface area contributed by atoms with E-state index in [1.165, 1.54) is 0 Å². The molecule has 20 heteroatoms. The van der Waals surface area contributed by atoms with Gasteiger partial charge in [0.1, 0.15) is 0 Å². The molecule has 2 fully saturated rings. The molecule has 0 aliphatic heterocycles. The summed E-state index contributed by atoms with van der Waals surface area (Å²) in [6, 6.07) is 0. The predicted octanol–water partition coefficient (Wildman–Crippen LogP) is 6.15. The van der Waals surface area contributed by atoms with Crippen LogP contribution in [0.3, 0.4) is 0 Å². The van der Waals surface area contributed by atoms with Crippen molar-refractivity contribution >= 4 is 0 Å². The highest BCUT2D eigenvalue weighted by Gasteiger charge is 3.16. The molecule has 0 spiro atoms. The van der Waals surface area contributed by atoms with Gasteiger partial charge in [0.15, 0.2) is 0 Å². The van der Waals surface area contributed by atoms with Gasteiger partial charge in [-0.3, -0.25) is 0 Å². The van der Waals surface area contributed by atoms with Crippen molar-refractivity contribution in [3.63, 3.8) is 0 Å². The number of hydrogen-bond acceptors (Lipinski definition) is 0. The molecule has 2 aliphatic rings. The lowest BCUT2D eigenvalue weighted by Gasteiger charge is -2.65. The average Bonchev–Trinajstić information content (AvgIpc) is 2.54. The molecule has 0 N–H and O–H groups in total. The van der Waals surface area contributed by atoms with Gasteiger partial charge >= 0.3 is 53.3 Å². The van der Waals surface area contributed by atoms with Crippen LogP contribution in [0.4, 0.5) is 87.8 Å². The van der Waals surface area contributed by atoms with Crippen molar-refractivity contribution in [3.05, 3.63) is 0 Å². The van der Waals surface area contributed by atoms with Gasteiger partial charge in [-0.15, -0.1) is 0 Å². The molecule has 0 nitrogen and oxygen atoms in total. The molecule has 0 saturated heterocycles. The Kier molecular flexibility index (Phi) is 4.35. The van der Waals surface area contributed by atoms with Gasteiger partial charge in [0.05, 0.1) is 0 Å². The minimum Gasteiger partial charge on any atom is -0.228 e. The summed E-state index contributed by atoms with van der Waals surface area (Å²) in [6.07, 6.45) is -8.58. The van der Waals surface area contributed by atoms with E-state index in [1.54, 1.807) is 0 Å². The van der Waals surface area contributed by atoms with Gasteiger partial charge in [-0.25, -0.2) is 13.2 Å². The van der Waals surface area contributed by atoms with Crippen molar-refractivity contribution in [2.45, 2.75) is 64.6 Å². The van der Waals surface area contributed by atoms with E-state index in [9.17, 15) is 87.8 Å². The van der Waals surface area contributed by atoms with E-state index in [0.717, 1.165) is 0 Å². The zero-order valence-corrected chi connectivity index (χ0v) is 13.1. The maximum atomic E-state index is 14.6. The van der Waals surface area contributed by atoms with Crippen LogP contribution in [0.15, 0.2) is 0 Å². The van der Waals surface area contributed by atoms with E-state index in [0.29, 0.717) is 0 Å². The first-order valence-electron chi connectivity index (χ1n) is 6.78. The molecule has 0 heterocycles. The number of rotatable bonds is 0. The molecular weight excluding hydrogens is 512 g/mol. The van der Waals surface area contributed by atoms with Crippen LogP contribution in [-0.4, -0.2) is 64.6 Å². The van der Waals surface area contributed by atoms with Gasteiger partial charge in [-0.2, -0.15) is 74.6 Å². The van der Waals surface area contributed by atoms with E-state index in [4.69, 9.17) is 0 Å². The number of fused-ring (bicyclic) bond motifs is 1. The number of halogens is 20. The number of hydrogen-bond donors (Lipinski definition) is 0. The second-order valence-corrected chi connectivity index (χ2v) is 6.49. The van der Waals surface area contributed by atoms with Crippen LogP contribution in [0.1, 0.15) is 0 Å². The summed E-state index contributed by atoms with van der Waals surface area (Å²) in [5.41, 5.74) is -27.2. The van der Waals surface area contributed by atoms with E-state index in [1.807, 2.05) is 0 Å². The first-order chi connectivity index (χ1) is 13.0. The van der Waals surface area contributed by atoms with E-state index in [2.05, 4.69) is 0 Å². The Morgan fingerprint density at radius 2 is 0.516 bits per heavy atom. The lowest BCUT2D eigenvalue weighted by Crippen LogP contribution is -3.00. The molecule has 0 radical (unpaired) electrons. The molecule has 3 atom stereocenters. The van der Waals surface area contributed by atoms with Crippen molar-refractivity contribution in [1.82, 2.24) is 0 Å². The zero-order valence-electron chi connectivity index (χ0n) is 13.1. The molecule has 0 aromatic rings. The SMILES string of the molecule is FC1(F)C(F)(F)C(F)(F)[C@]2(F)[C@@](F)(C1(F)F)C(F)(F)C(F)(F)C(F)(F)[C@]2(F)C(F)(F)F. The standard InChI is InChI=1S/C11F20/c12-1-2(13,6(19,20)10(27,28)9(25,26)4(1,15)16)5(17,18)8(23,24)7(21,22)3(1,14)11(29,30)31/t1-,2-,3-/m0/s1. The van der Waals surface area contributed by atoms with Gasteiger partial charge in [-0.1, -0.05) is 0 Å². The summed E-state index contributed by atoms with van der Waals surface area (Å²) < 4.78 is 270. The Morgan fingerprint density at radius 1 is 0.290 bits per heavy atom. The molecule has 184 valence electrons. The van der Waals surface area contributed by atoms with Crippen molar-refractivity contribution in [3.8, 4) is 0 Å². The van der Waals surface area contributed by atoms with Crippen LogP contribution in [0.5, 0.6) is 0 Å². The summed E-state index contributed by atoms with van der Waals surface area (Å²) in [6.45, 7) is 0. The lowest BCUT2D eigenvalue weighted by atomic mass is 9.50. The first kappa shape index (κ1) is 25.9. The predicted molar refractivity (Wildman–Crippen MR) is 52.2 cm³/mol. The molecule has 0 aromatic heterocycles. The summed E-state index contributed by atoms with van der Waals surface area (Å²) in [5.74, 6) is -60.7. The minimum absolute atomic E-state index is 8.45. The Bertz CT molecular complexity index is 779. The third-order valence-electron chi connectivity index (χ3n) is 5.04. The molecular formula is C11F20. The quantitative estimate of drug-likeness (QED) is 0.342. The van der Waals surface area contributed by atoms with Gasteiger partial charge in [0.2, 0.25) is 0 Å². The van der Waals surface area contributed by atoms with Gasteiger partial charge < -0.3 is 0 Å². The van der Waals surface area contributed by atoms with Crippen LogP contribution in [-0.2, 0) is 0 Å². The second kappa shape index (κ2) is 5.22. The zero-order chi connectivity index (χ0) is 25.5. The van der Waals surface area contributed by atoms with Crippen molar-refractivity contribution in [1.29, 1.82) is 0 Å². The summed E-state index contributed by atoms with van der Waals surface area (Å²) in [4.78, 5) is 0. The summed E-state index contributed by atoms with van der Waals surface area (Å²) >= 11 is 0. The minimum atomic E-state index is -9.16. The molecule has 0 amide bonds.